The van der Waals surface area contributed by atoms with Crippen molar-refractivity contribution < 1.29 is 4.79 Å². The van der Waals surface area contributed by atoms with Gasteiger partial charge in [-0.3, -0.25) is 4.79 Å². The summed E-state index contributed by atoms with van der Waals surface area (Å²) in [6.07, 6.45) is 1.75. The minimum Gasteiger partial charge on any atom is -0.397 e. The van der Waals surface area contributed by atoms with Crippen molar-refractivity contribution in [1.29, 1.82) is 0 Å². The lowest BCUT2D eigenvalue weighted by atomic mass is 10.1. The fourth-order valence-corrected chi connectivity index (χ4v) is 3.27. The number of nitrogen functional groups attached to an aromatic ring is 1. The van der Waals surface area contributed by atoms with Gasteiger partial charge in [0.1, 0.15) is 5.01 Å². The van der Waals surface area contributed by atoms with Crippen molar-refractivity contribution in [3.8, 4) is 10.6 Å². The molecule has 1 heterocycles. The molecule has 2 aromatic carbocycles. The predicted molar refractivity (Wildman–Crippen MR) is 104 cm³/mol. The number of carbonyl (C=O) groups is 1. The van der Waals surface area contributed by atoms with Crippen LogP contribution in [0.5, 0.6) is 0 Å². The van der Waals surface area contributed by atoms with Gasteiger partial charge >= 0.3 is 0 Å². The second-order valence-corrected chi connectivity index (χ2v) is 6.98. The first-order chi connectivity index (χ1) is 11.5. The molecule has 7 heteroatoms. The molecule has 1 amide bonds. The fourth-order valence-electron chi connectivity index (χ4n) is 2.27. The molecule has 0 atom stereocenters. The van der Waals surface area contributed by atoms with Crippen molar-refractivity contribution in [2.45, 2.75) is 6.92 Å². The quantitative estimate of drug-likeness (QED) is 0.544. The van der Waals surface area contributed by atoms with Crippen LogP contribution in [0.4, 0.5) is 22.7 Å². The highest BCUT2D eigenvalue weighted by Crippen LogP contribution is 2.32. The van der Waals surface area contributed by atoms with Crippen molar-refractivity contribution in [1.82, 2.24) is 4.98 Å². The van der Waals surface area contributed by atoms with Gasteiger partial charge in [-0.25, -0.2) is 4.98 Å². The predicted octanol–water partition coefficient (Wildman–Crippen LogP) is 4.86. The van der Waals surface area contributed by atoms with E-state index in [4.69, 9.17) is 5.73 Å². The topological polar surface area (TPSA) is 80.0 Å². The number of amides is 1. The summed E-state index contributed by atoms with van der Waals surface area (Å²) in [7, 11) is 0. The first-order valence-corrected chi connectivity index (χ1v) is 8.83. The van der Waals surface area contributed by atoms with Gasteiger partial charge in [-0.15, -0.1) is 11.3 Å². The van der Waals surface area contributed by atoms with Gasteiger partial charge in [0.25, 0.3) is 0 Å². The summed E-state index contributed by atoms with van der Waals surface area (Å²) in [4.78, 5) is 15.7. The van der Waals surface area contributed by atoms with Crippen LogP contribution in [0.2, 0.25) is 0 Å². The third-order valence-electron chi connectivity index (χ3n) is 3.23. The maximum atomic E-state index is 11.4. The van der Waals surface area contributed by atoms with Gasteiger partial charge in [-0.05, 0) is 36.4 Å². The molecule has 0 unspecified atom stereocenters. The molecule has 0 radical (unpaired) electrons. The molecular formula is C17H15BrN4OS. The Labute approximate surface area is 152 Å². The Bertz CT molecular complexity index is 880. The van der Waals surface area contributed by atoms with Crippen molar-refractivity contribution in [3.63, 3.8) is 0 Å². The summed E-state index contributed by atoms with van der Waals surface area (Å²) in [6, 6.07) is 11.4. The molecule has 0 saturated heterocycles. The number of benzene rings is 2. The smallest absolute Gasteiger partial charge is 0.221 e. The molecule has 122 valence electrons. The SMILES string of the molecule is CC(=O)Nc1cc(Nc2ccc(Br)cc2N)cc(-c2nccs2)c1. The van der Waals surface area contributed by atoms with Crippen LogP contribution in [0.15, 0.2) is 52.4 Å². The molecule has 0 saturated carbocycles. The average molecular weight is 403 g/mol. The van der Waals surface area contributed by atoms with E-state index in [1.807, 2.05) is 41.8 Å². The zero-order valence-electron chi connectivity index (χ0n) is 12.8. The highest BCUT2D eigenvalue weighted by molar-refractivity contribution is 9.10. The van der Waals surface area contributed by atoms with E-state index >= 15 is 0 Å². The van der Waals surface area contributed by atoms with E-state index in [0.29, 0.717) is 11.4 Å². The highest BCUT2D eigenvalue weighted by atomic mass is 79.9. The van der Waals surface area contributed by atoms with Gasteiger partial charge in [-0.1, -0.05) is 15.9 Å². The van der Waals surface area contributed by atoms with Crippen molar-refractivity contribution in [2.75, 3.05) is 16.4 Å². The minimum absolute atomic E-state index is 0.125. The summed E-state index contributed by atoms with van der Waals surface area (Å²) < 4.78 is 0.918. The second-order valence-electron chi connectivity index (χ2n) is 5.17. The Morgan fingerprint density at radius 3 is 2.67 bits per heavy atom. The van der Waals surface area contributed by atoms with Crippen LogP contribution in [0.1, 0.15) is 6.92 Å². The number of aromatic nitrogens is 1. The molecule has 0 aliphatic rings. The van der Waals surface area contributed by atoms with Crippen LogP contribution in [0, 0.1) is 0 Å². The third kappa shape index (κ3) is 3.93. The Balaban J connectivity index is 1.99. The number of nitrogens with zero attached hydrogens (tertiary/aromatic N) is 1. The molecule has 0 aliphatic carbocycles. The van der Waals surface area contributed by atoms with Gasteiger partial charge in [0, 0.05) is 39.9 Å². The van der Waals surface area contributed by atoms with Crippen LogP contribution in [0.25, 0.3) is 10.6 Å². The monoisotopic (exact) mass is 402 g/mol. The van der Waals surface area contributed by atoms with Crippen LogP contribution >= 0.6 is 27.3 Å². The Hall–Kier alpha value is -2.38. The minimum atomic E-state index is -0.125. The van der Waals surface area contributed by atoms with E-state index < -0.39 is 0 Å². The zero-order chi connectivity index (χ0) is 17.1. The lowest BCUT2D eigenvalue weighted by Gasteiger charge is -2.13. The second kappa shape index (κ2) is 7.02. The number of nitrogens with two attached hydrogens (primary N) is 1. The lowest BCUT2D eigenvalue weighted by Crippen LogP contribution is -2.06. The normalized spacial score (nSPS) is 10.4. The summed E-state index contributed by atoms with van der Waals surface area (Å²) in [5, 5.41) is 8.91. The molecule has 24 heavy (non-hydrogen) atoms. The average Bonchev–Trinajstić information content (AvgIpc) is 3.03. The number of rotatable bonds is 4. The van der Waals surface area contributed by atoms with Gasteiger partial charge in [0.2, 0.25) is 5.91 Å². The summed E-state index contributed by atoms with van der Waals surface area (Å²) >= 11 is 4.94. The van der Waals surface area contributed by atoms with E-state index in [9.17, 15) is 4.79 Å². The van der Waals surface area contributed by atoms with Crippen LogP contribution < -0.4 is 16.4 Å². The van der Waals surface area contributed by atoms with Gasteiger partial charge < -0.3 is 16.4 Å². The van der Waals surface area contributed by atoms with E-state index in [-0.39, 0.29) is 5.91 Å². The molecule has 4 N–H and O–H groups in total. The third-order valence-corrected chi connectivity index (χ3v) is 4.54. The number of anilines is 4. The number of halogens is 1. The zero-order valence-corrected chi connectivity index (χ0v) is 15.2. The maximum Gasteiger partial charge on any atom is 0.221 e. The Morgan fingerprint density at radius 1 is 1.21 bits per heavy atom. The number of hydrogen-bond donors (Lipinski definition) is 3. The van der Waals surface area contributed by atoms with E-state index in [1.54, 1.807) is 17.5 Å². The van der Waals surface area contributed by atoms with Gasteiger partial charge in [0.05, 0.1) is 11.4 Å². The van der Waals surface area contributed by atoms with Crippen LogP contribution in [-0.4, -0.2) is 10.9 Å². The van der Waals surface area contributed by atoms with Gasteiger partial charge in [0.15, 0.2) is 0 Å². The standard InChI is InChI=1S/C17H15BrN4OS/c1-10(23)21-13-6-11(17-20-4-5-24-17)7-14(9-13)22-16-3-2-12(18)8-15(16)19/h2-9,22H,19H2,1H3,(H,21,23). The van der Waals surface area contributed by atoms with E-state index in [1.165, 1.54) is 6.92 Å². The number of nitrogens with one attached hydrogen (secondary N) is 2. The summed E-state index contributed by atoms with van der Waals surface area (Å²) in [5.74, 6) is -0.125. The maximum absolute atomic E-state index is 11.4. The van der Waals surface area contributed by atoms with Crippen LogP contribution in [-0.2, 0) is 4.79 Å². The van der Waals surface area contributed by atoms with Crippen molar-refractivity contribution in [2.24, 2.45) is 0 Å². The number of hydrogen-bond acceptors (Lipinski definition) is 5. The summed E-state index contributed by atoms with van der Waals surface area (Å²) in [5.41, 5.74) is 9.92. The molecule has 3 rings (SSSR count). The molecule has 0 bridgehead atoms. The largest absolute Gasteiger partial charge is 0.397 e. The first kappa shape index (κ1) is 16.5. The van der Waals surface area contributed by atoms with Crippen molar-refractivity contribution in [3.05, 3.63) is 52.4 Å². The van der Waals surface area contributed by atoms with E-state index in [2.05, 4.69) is 31.5 Å². The van der Waals surface area contributed by atoms with E-state index in [0.717, 1.165) is 26.4 Å². The molecule has 0 aliphatic heterocycles. The van der Waals surface area contributed by atoms with Crippen molar-refractivity contribution >= 4 is 55.9 Å². The highest BCUT2D eigenvalue weighted by Gasteiger charge is 2.08. The van der Waals surface area contributed by atoms with Gasteiger partial charge in [-0.2, -0.15) is 0 Å². The lowest BCUT2D eigenvalue weighted by molar-refractivity contribution is -0.114. The number of carbonyl (C=O) groups excluding carboxylic acids is 1. The molecule has 0 fully saturated rings. The molecule has 1 aromatic heterocycles. The Morgan fingerprint density at radius 2 is 2.00 bits per heavy atom. The summed E-state index contributed by atoms with van der Waals surface area (Å²) in [6.45, 7) is 1.48. The molecule has 3 aromatic rings. The molecular weight excluding hydrogens is 388 g/mol. The number of thiazole rings is 1. The Kier molecular flexibility index (Phi) is 4.82. The molecule has 5 nitrogen and oxygen atoms in total. The first-order valence-electron chi connectivity index (χ1n) is 7.16. The van der Waals surface area contributed by atoms with Crippen LogP contribution in [0.3, 0.4) is 0 Å². The fraction of sp³-hybridized carbons (Fsp3) is 0.0588. The molecule has 0 spiro atoms.